The minimum absolute atomic E-state index is 0.139. The third kappa shape index (κ3) is 9.86. The van der Waals surface area contributed by atoms with E-state index in [9.17, 15) is 23.6 Å². The van der Waals surface area contributed by atoms with E-state index in [0.29, 0.717) is 0 Å². The molecule has 0 aliphatic rings. The van der Waals surface area contributed by atoms with Crippen LogP contribution in [0.25, 0.3) is 0 Å². The molecule has 2 aromatic rings. The van der Waals surface area contributed by atoms with Crippen LogP contribution in [0.1, 0.15) is 25.0 Å². The fourth-order valence-corrected chi connectivity index (χ4v) is 2.38. The lowest BCUT2D eigenvalue weighted by molar-refractivity contribution is -0.160. The fraction of sp³-hybridized carbons (Fsp3) is 0.273. The third-order valence-corrected chi connectivity index (χ3v) is 3.83. The van der Waals surface area contributed by atoms with Gasteiger partial charge in [-0.1, -0.05) is 42.5 Å². The minimum Gasteiger partial charge on any atom is -0.459 e. The number of carbonyl (C=O) groups excluding carboxylic acids is 4. The number of hydrogen-bond donors (Lipinski definition) is 0. The summed E-state index contributed by atoms with van der Waals surface area (Å²) in [6.07, 6.45) is 0. The summed E-state index contributed by atoms with van der Waals surface area (Å²) in [5, 5.41) is -1.08. The number of carbonyl (C=O) groups is 4. The number of halogens is 2. The maximum Gasteiger partial charge on any atom is 0.397 e. The first-order chi connectivity index (χ1) is 14.8. The fourth-order valence-electron chi connectivity index (χ4n) is 2.32. The van der Waals surface area contributed by atoms with Crippen LogP contribution in [0.5, 0.6) is 0 Å². The monoisotopic (exact) mass is 451 g/mol. The predicted octanol–water partition coefficient (Wildman–Crippen LogP) is 3.23. The van der Waals surface area contributed by atoms with Crippen LogP contribution in [-0.2, 0) is 41.7 Å². The van der Waals surface area contributed by atoms with Gasteiger partial charge in [-0.05, 0) is 48.7 Å². The Hall–Kier alpha value is -3.26. The van der Waals surface area contributed by atoms with E-state index in [4.69, 9.17) is 16.3 Å². The van der Waals surface area contributed by atoms with Crippen LogP contribution in [0.2, 0.25) is 0 Å². The lowest BCUT2D eigenvalue weighted by Crippen LogP contribution is -2.36. The molecule has 0 saturated heterocycles. The van der Waals surface area contributed by atoms with E-state index >= 15 is 0 Å². The molecule has 0 unspecified atom stereocenters. The highest BCUT2D eigenvalue weighted by Crippen LogP contribution is 2.12. The number of esters is 2. The number of ether oxygens (including phenoxy) is 2. The van der Waals surface area contributed by atoms with Gasteiger partial charge >= 0.3 is 23.1 Å². The quantitative estimate of drug-likeness (QED) is 0.365. The predicted molar refractivity (Wildman–Crippen MR) is 111 cm³/mol. The van der Waals surface area contributed by atoms with Gasteiger partial charge in [0.15, 0.2) is 0 Å². The van der Waals surface area contributed by atoms with Crippen molar-refractivity contribution in [3.8, 4) is 0 Å². The van der Waals surface area contributed by atoms with Crippen molar-refractivity contribution in [2.24, 2.45) is 0 Å². The molecule has 0 spiro atoms. The summed E-state index contributed by atoms with van der Waals surface area (Å²) in [7, 11) is 0. The number of rotatable bonds is 7. The molecule has 0 aliphatic heterocycles. The lowest BCUT2D eigenvalue weighted by atomic mass is 10.1. The largest absolute Gasteiger partial charge is 0.459 e. The first-order valence-corrected chi connectivity index (χ1v) is 9.77. The van der Waals surface area contributed by atoms with Gasteiger partial charge in [0.25, 0.3) is 0 Å². The van der Waals surface area contributed by atoms with Gasteiger partial charge in [-0.25, -0.2) is 14.0 Å². The Bertz CT molecular complexity index is 873. The second kappa shape index (κ2) is 13.9. The van der Waals surface area contributed by atoms with Crippen molar-refractivity contribution in [3.63, 3.8) is 0 Å². The van der Waals surface area contributed by atoms with Crippen LogP contribution in [0.15, 0.2) is 54.6 Å². The summed E-state index contributed by atoms with van der Waals surface area (Å²) >= 11 is 4.69. The molecule has 0 radical (unpaired) electrons. The Morgan fingerprint density at radius 1 is 0.806 bits per heavy atom. The average Bonchev–Trinajstić information content (AvgIpc) is 2.76. The molecule has 0 atom stereocenters. The smallest absolute Gasteiger partial charge is 0.397 e. The summed E-state index contributed by atoms with van der Waals surface area (Å²) in [5.74, 6) is -2.93. The van der Waals surface area contributed by atoms with Gasteiger partial charge < -0.3 is 14.4 Å². The summed E-state index contributed by atoms with van der Waals surface area (Å²) < 4.78 is 22.0. The molecule has 0 aliphatic carbocycles. The number of hydrogen-bond acceptors (Lipinski definition) is 6. The van der Waals surface area contributed by atoms with Gasteiger partial charge in [0, 0.05) is 13.1 Å². The molecule has 1 amide bonds. The van der Waals surface area contributed by atoms with E-state index < -0.39 is 23.1 Å². The first kappa shape index (κ1) is 25.8. The summed E-state index contributed by atoms with van der Waals surface area (Å²) in [5.41, 5.74) is 1.63. The Kier molecular flexibility index (Phi) is 11.5. The Morgan fingerprint density at radius 2 is 1.29 bits per heavy atom. The minimum atomic E-state index is -1.08. The van der Waals surface area contributed by atoms with Gasteiger partial charge in [-0.2, -0.15) is 0 Å². The van der Waals surface area contributed by atoms with Crippen molar-refractivity contribution in [1.29, 1.82) is 0 Å². The van der Waals surface area contributed by atoms with E-state index in [1.54, 1.807) is 26.0 Å². The summed E-state index contributed by atoms with van der Waals surface area (Å²) in [6.45, 7) is 4.03. The Labute approximate surface area is 184 Å². The average molecular weight is 452 g/mol. The van der Waals surface area contributed by atoms with E-state index in [2.05, 4.69) is 4.74 Å². The maximum absolute atomic E-state index is 13.0. The molecule has 7 nitrogen and oxygen atoms in total. The van der Waals surface area contributed by atoms with E-state index in [0.717, 1.165) is 11.1 Å². The zero-order valence-corrected chi connectivity index (χ0v) is 17.9. The SMILES string of the molecule is CCOC(=O)C(=O)Cl.CCOC(=O)C(=O)N(Cc1ccccc1)Cc1ccc(F)cc1. The first-order valence-electron chi connectivity index (χ1n) is 9.39. The lowest BCUT2D eigenvalue weighted by Gasteiger charge is -2.22. The van der Waals surface area contributed by atoms with Crippen LogP contribution >= 0.6 is 11.6 Å². The van der Waals surface area contributed by atoms with Crippen molar-refractivity contribution >= 4 is 34.7 Å². The molecule has 0 heterocycles. The van der Waals surface area contributed by atoms with Crippen molar-refractivity contribution in [2.45, 2.75) is 26.9 Å². The van der Waals surface area contributed by atoms with Crippen molar-refractivity contribution in [3.05, 3.63) is 71.5 Å². The van der Waals surface area contributed by atoms with E-state index in [1.807, 2.05) is 30.3 Å². The zero-order chi connectivity index (χ0) is 23.2. The van der Waals surface area contributed by atoms with E-state index in [-0.39, 0.29) is 32.1 Å². The van der Waals surface area contributed by atoms with Crippen LogP contribution in [0, 0.1) is 5.82 Å². The van der Waals surface area contributed by atoms with Gasteiger partial charge in [0.2, 0.25) is 0 Å². The highest BCUT2D eigenvalue weighted by molar-refractivity contribution is 6.80. The van der Waals surface area contributed by atoms with Gasteiger partial charge in [0.1, 0.15) is 5.82 Å². The van der Waals surface area contributed by atoms with Crippen LogP contribution in [0.4, 0.5) is 4.39 Å². The van der Waals surface area contributed by atoms with Gasteiger partial charge in [0.05, 0.1) is 13.2 Å². The molecule has 0 N–H and O–H groups in total. The van der Waals surface area contributed by atoms with Crippen LogP contribution < -0.4 is 0 Å². The third-order valence-electron chi connectivity index (χ3n) is 3.68. The van der Waals surface area contributed by atoms with Gasteiger partial charge in [-0.15, -0.1) is 0 Å². The number of nitrogens with zero attached hydrogens (tertiary/aromatic N) is 1. The van der Waals surface area contributed by atoms with Crippen LogP contribution in [0.3, 0.4) is 0 Å². The molecule has 2 aromatic carbocycles. The second-order valence-electron chi connectivity index (χ2n) is 5.99. The standard InChI is InChI=1S/C18H18FNO3.C4H5ClO3/c1-2-23-18(22)17(21)20(12-14-6-4-3-5-7-14)13-15-8-10-16(19)11-9-15;1-2-8-4(7)3(5)6/h3-11H,2,12-13H2,1H3;2H2,1H3. The molecule has 0 saturated carbocycles. The molecule has 31 heavy (non-hydrogen) atoms. The molecule has 0 aromatic heterocycles. The Morgan fingerprint density at radius 3 is 1.74 bits per heavy atom. The van der Waals surface area contributed by atoms with Crippen molar-refractivity contribution in [1.82, 2.24) is 4.90 Å². The van der Waals surface area contributed by atoms with Crippen molar-refractivity contribution in [2.75, 3.05) is 13.2 Å². The normalized spacial score (nSPS) is 9.68. The second-order valence-corrected chi connectivity index (χ2v) is 6.33. The highest BCUT2D eigenvalue weighted by atomic mass is 35.5. The number of amides is 1. The molecule has 9 heteroatoms. The molecule has 0 bridgehead atoms. The highest BCUT2D eigenvalue weighted by Gasteiger charge is 2.23. The summed E-state index contributed by atoms with van der Waals surface area (Å²) in [4.78, 5) is 45.3. The molecular weight excluding hydrogens is 429 g/mol. The molecule has 0 fully saturated rings. The summed E-state index contributed by atoms with van der Waals surface area (Å²) in [6, 6.07) is 15.2. The molecule has 2 rings (SSSR count). The van der Waals surface area contributed by atoms with Gasteiger partial charge in [-0.3, -0.25) is 9.59 Å². The molecular formula is C22H23ClFNO6. The zero-order valence-electron chi connectivity index (χ0n) is 17.2. The van der Waals surface area contributed by atoms with E-state index in [1.165, 1.54) is 17.0 Å². The Balaban J connectivity index is 0.000000512. The maximum atomic E-state index is 13.0. The van der Waals surface area contributed by atoms with Crippen LogP contribution in [-0.4, -0.2) is 41.2 Å². The number of benzene rings is 2. The molecule has 166 valence electrons. The topological polar surface area (TPSA) is 90.0 Å². The van der Waals surface area contributed by atoms with Crippen molar-refractivity contribution < 1.29 is 33.0 Å².